The fourth-order valence-electron chi connectivity index (χ4n) is 2.34. The minimum atomic E-state index is -0.742. The van der Waals surface area contributed by atoms with Crippen molar-refractivity contribution in [3.8, 4) is 0 Å². The minimum Gasteiger partial charge on any atom is -0.481 e. The van der Waals surface area contributed by atoms with Gasteiger partial charge in [0.25, 0.3) is 0 Å². The summed E-state index contributed by atoms with van der Waals surface area (Å²) in [5.74, 6) is -0.302. The van der Waals surface area contributed by atoms with Crippen LogP contribution in [0.5, 0.6) is 0 Å². The first kappa shape index (κ1) is 16.0. The molecule has 5 nitrogen and oxygen atoms in total. The number of piperidine rings is 1. The van der Waals surface area contributed by atoms with Gasteiger partial charge in [0, 0.05) is 19.5 Å². The number of hydrogen-bond acceptors (Lipinski definition) is 3. The fourth-order valence-corrected chi connectivity index (χ4v) is 2.34. The molecule has 0 spiro atoms. The van der Waals surface area contributed by atoms with Gasteiger partial charge in [-0.25, -0.2) is 0 Å². The molecule has 0 aromatic rings. The van der Waals surface area contributed by atoms with Crippen LogP contribution in [0, 0.1) is 11.3 Å². The predicted molar refractivity (Wildman–Crippen MR) is 73.6 cm³/mol. The van der Waals surface area contributed by atoms with Gasteiger partial charge in [-0.2, -0.15) is 0 Å². The molecule has 110 valence electrons. The third-order valence-corrected chi connectivity index (χ3v) is 3.89. The van der Waals surface area contributed by atoms with Gasteiger partial charge in [-0.15, -0.1) is 0 Å². The zero-order valence-electron chi connectivity index (χ0n) is 12.2. The molecule has 1 fully saturated rings. The van der Waals surface area contributed by atoms with Crippen molar-refractivity contribution < 1.29 is 14.7 Å². The first-order chi connectivity index (χ1) is 8.71. The topological polar surface area (TPSA) is 83.6 Å². The number of rotatable bonds is 4. The van der Waals surface area contributed by atoms with Crippen LogP contribution in [0.2, 0.25) is 0 Å². The van der Waals surface area contributed by atoms with Crippen LogP contribution < -0.4 is 5.73 Å². The molecule has 0 bridgehead atoms. The van der Waals surface area contributed by atoms with Gasteiger partial charge in [0.15, 0.2) is 0 Å². The number of carbonyl (C=O) groups is 2. The summed E-state index contributed by atoms with van der Waals surface area (Å²) in [6.07, 6.45) is 2.70. The van der Waals surface area contributed by atoms with Crippen LogP contribution in [0.15, 0.2) is 0 Å². The molecule has 3 N–H and O–H groups in total. The number of nitrogens with two attached hydrogens (primary N) is 1. The van der Waals surface area contributed by atoms with Gasteiger partial charge in [-0.3, -0.25) is 9.59 Å². The van der Waals surface area contributed by atoms with Crippen LogP contribution in [-0.4, -0.2) is 41.0 Å². The first-order valence-electron chi connectivity index (χ1n) is 6.98. The Kier molecular flexibility index (Phi) is 5.35. The summed E-state index contributed by atoms with van der Waals surface area (Å²) in [5.41, 5.74) is 5.76. The van der Waals surface area contributed by atoms with E-state index >= 15 is 0 Å². The fraction of sp³-hybridized carbons (Fsp3) is 0.857. The molecule has 0 radical (unpaired) electrons. The number of amides is 1. The highest BCUT2D eigenvalue weighted by molar-refractivity contribution is 5.82. The Labute approximate surface area is 115 Å². The maximum absolute atomic E-state index is 12.2. The molecule has 0 aromatic carbocycles. The van der Waals surface area contributed by atoms with Crippen LogP contribution in [0.3, 0.4) is 0 Å². The van der Waals surface area contributed by atoms with E-state index < -0.39 is 12.0 Å². The maximum Gasteiger partial charge on any atom is 0.303 e. The lowest BCUT2D eigenvalue weighted by Crippen LogP contribution is -2.52. The molecule has 0 aliphatic carbocycles. The summed E-state index contributed by atoms with van der Waals surface area (Å²) >= 11 is 0. The molecular weight excluding hydrogens is 244 g/mol. The van der Waals surface area contributed by atoms with Crippen LogP contribution in [0.4, 0.5) is 0 Å². The van der Waals surface area contributed by atoms with Crippen LogP contribution in [0.1, 0.15) is 46.5 Å². The summed E-state index contributed by atoms with van der Waals surface area (Å²) in [4.78, 5) is 24.6. The van der Waals surface area contributed by atoms with Crippen LogP contribution >= 0.6 is 0 Å². The number of carboxylic acid groups (broad SMARTS) is 1. The summed E-state index contributed by atoms with van der Waals surface area (Å²) < 4.78 is 0. The van der Waals surface area contributed by atoms with E-state index in [1.165, 1.54) is 0 Å². The highest BCUT2D eigenvalue weighted by Crippen LogP contribution is 2.25. The van der Waals surface area contributed by atoms with Crippen LogP contribution in [-0.2, 0) is 9.59 Å². The lowest BCUT2D eigenvalue weighted by Gasteiger charge is -2.36. The lowest BCUT2D eigenvalue weighted by atomic mass is 9.85. The third-order valence-electron chi connectivity index (χ3n) is 3.89. The van der Waals surface area contributed by atoms with Gasteiger partial charge in [0.2, 0.25) is 5.91 Å². The number of carbonyl (C=O) groups excluding carboxylic acids is 1. The molecule has 1 saturated heterocycles. The number of aliphatic carboxylic acids is 1. The van der Waals surface area contributed by atoms with E-state index in [9.17, 15) is 9.59 Å². The van der Waals surface area contributed by atoms with Crippen molar-refractivity contribution in [2.24, 2.45) is 17.1 Å². The quantitative estimate of drug-likeness (QED) is 0.810. The average Bonchev–Trinajstić information content (AvgIpc) is 2.34. The molecule has 19 heavy (non-hydrogen) atoms. The van der Waals surface area contributed by atoms with E-state index in [1.54, 1.807) is 0 Å². The third kappa shape index (κ3) is 4.82. The Balaban J connectivity index is 2.41. The second-order valence-corrected chi connectivity index (χ2v) is 6.54. The maximum atomic E-state index is 12.2. The van der Waals surface area contributed by atoms with E-state index in [2.05, 4.69) is 0 Å². The SMILES string of the molecule is CC(C)(C)[C@@H](N)C(=O)N1CCC(CCC(=O)O)CC1. The normalized spacial score (nSPS) is 19.3. The standard InChI is InChI=1S/C14H26N2O3/c1-14(2,3)12(15)13(19)16-8-6-10(7-9-16)4-5-11(17)18/h10,12H,4-9,15H2,1-3H3,(H,17,18)/t12-/m0/s1. The van der Waals surface area contributed by atoms with E-state index in [4.69, 9.17) is 10.8 Å². The van der Waals surface area contributed by atoms with Gasteiger partial charge >= 0.3 is 5.97 Å². The van der Waals surface area contributed by atoms with E-state index in [0.717, 1.165) is 12.8 Å². The van der Waals surface area contributed by atoms with E-state index in [1.807, 2.05) is 25.7 Å². The van der Waals surface area contributed by atoms with Crippen molar-refractivity contribution >= 4 is 11.9 Å². The Morgan fingerprint density at radius 1 is 1.32 bits per heavy atom. The second kappa shape index (κ2) is 6.37. The summed E-state index contributed by atoms with van der Waals surface area (Å²) in [6.45, 7) is 7.30. The predicted octanol–water partition coefficient (Wildman–Crippen LogP) is 1.46. The van der Waals surface area contributed by atoms with Gasteiger partial charge < -0.3 is 15.7 Å². The molecule has 1 rings (SSSR count). The lowest BCUT2D eigenvalue weighted by molar-refractivity contribution is -0.139. The summed E-state index contributed by atoms with van der Waals surface area (Å²) in [7, 11) is 0. The number of carboxylic acids is 1. The Morgan fingerprint density at radius 2 is 1.84 bits per heavy atom. The largest absolute Gasteiger partial charge is 0.481 e. The molecule has 1 atom stereocenters. The van der Waals surface area contributed by atoms with Crippen molar-refractivity contribution in [2.45, 2.75) is 52.5 Å². The van der Waals surface area contributed by atoms with Crippen molar-refractivity contribution in [1.82, 2.24) is 4.90 Å². The second-order valence-electron chi connectivity index (χ2n) is 6.54. The number of nitrogens with zero attached hydrogens (tertiary/aromatic N) is 1. The van der Waals surface area contributed by atoms with Gasteiger partial charge in [-0.1, -0.05) is 20.8 Å². The van der Waals surface area contributed by atoms with Crippen molar-refractivity contribution in [3.05, 3.63) is 0 Å². The monoisotopic (exact) mass is 270 g/mol. The molecule has 1 heterocycles. The highest BCUT2D eigenvalue weighted by Gasteiger charge is 2.32. The molecule has 5 heteroatoms. The molecule has 1 aliphatic heterocycles. The minimum absolute atomic E-state index is 0.0178. The van der Waals surface area contributed by atoms with Gasteiger partial charge in [-0.05, 0) is 30.6 Å². The Bertz CT molecular complexity index is 328. The van der Waals surface area contributed by atoms with E-state index in [0.29, 0.717) is 25.4 Å². The molecule has 1 amide bonds. The van der Waals surface area contributed by atoms with Crippen molar-refractivity contribution in [3.63, 3.8) is 0 Å². The zero-order chi connectivity index (χ0) is 14.6. The van der Waals surface area contributed by atoms with E-state index in [-0.39, 0.29) is 17.7 Å². The van der Waals surface area contributed by atoms with Crippen molar-refractivity contribution in [2.75, 3.05) is 13.1 Å². The molecular formula is C14H26N2O3. The summed E-state index contributed by atoms with van der Waals surface area (Å²) in [5, 5.41) is 8.67. The van der Waals surface area contributed by atoms with Gasteiger partial charge in [0.05, 0.1) is 6.04 Å². The average molecular weight is 270 g/mol. The molecule has 0 aromatic heterocycles. The zero-order valence-corrected chi connectivity index (χ0v) is 12.2. The Morgan fingerprint density at radius 3 is 2.26 bits per heavy atom. The number of likely N-dealkylation sites (tertiary alicyclic amines) is 1. The molecule has 1 aliphatic rings. The first-order valence-corrected chi connectivity index (χ1v) is 6.98. The van der Waals surface area contributed by atoms with Crippen molar-refractivity contribution in [1.29, 1.82) is 0 Å². The number of hydrogen-bond donors (Lipinski definition) is 2. The highest BCUT2D eigenvalue weighted by atomic mass is 16.4. The molecule has 0 saturated carbocycles. The Hall–Kier alpha value is -1.10. The summed E-state index contributed by atoms with van der Waals surface area (Å²) in [6, 6.07) is -0.469. The van der Waals surface area contributed by atoms with Gasteiger partial charge in [0.1, 0.15) is 0 Å². The van der Waals surface area contributed by atoms with Crippen LogP contribution in [0.25, 0.3) is 0 Å². The smallest absolute Gasteiger partial charge is 0.303 e. The molecule has 0 unspecified atom stereocenters.